The van der Waals surface area contributed by atoms with E-state index >= 15 is 0 Å². The summed E-state index contributed by atoms with van der Waals surface area (Å²) in [5, 5.41) is 19.3. The Bertz CT molecular complexity index is 1100. The summed E-state index contributed by atoms with van der Waals surface area (Å²) in [5.74, 6) is -0.923. The summed E-state index contributed by atoms with van der Waals surface area (Å²) in [6.45, 7) is 0.358. The van der Waals surface area contributed by atoms with E-state index in [9.17, 15) is 18.0 Å². The van der Waals surface area contributed by atoms with Crippen LogP contribution in [-0.4, -0.2) is 56.7 Å². The number of ether oxygens (including phenoxy) is 1. The number of methoxy groups -OCH3 is 1. The minimum Gasteiger partial charge on any atom is -0.497 e. The van der Waals surface area contributed by atoms with E-state index in [-0.39, 0.29) is 23.9 Å². The lowest BCUT2D eigenvalue weighted by Gasteiger charge is -2.17. The molecule has 2 aromatic rings. The second-order valence-electron chi connectivity index (χ2n) is 8.07. The highest BCUT2D eigenvalue weighted by Crippen LogP contribution is 2.13. The van der Waals surface area contributed by atoms with E-state index in [0.717, 1.165) is 5.56 Å². The van der Waals surface area contributed by atoms with E-state index < -0.39 is 22.0 Å². The van der Waals surface area contributed by atoms with Crippen LogP contribution in [0.15, 0.2) is 48.5 Å². The van der Waals surface area contributed by atoms with E-state index in [0.29, 0.717) is 49.1 Å². The Morgan fingerprint density at radius 2 is 1.69 bits per heavy atom. The number of amidine groups is 1. The number of unbranched alkanes of at least 4 members (excludes halogenated alkanes) is 1. The quantitative estimate of drug-likeness (QED) is 0.140. The van der Waals surface area contributed by atoms with Gasteiger partial charge in [0.15, 0.2) is 0 Å². The molecule has 2 aromatic carbocycles. The van der Waals surface area contributed by atoms with Gasteiger partial charge < -0.3 is 20.9 Å². The molecule has 10 nitrogen and oxygen atoms in total. The van der Waals surface area contributed by atoms with Gasteiger partial charge >= 0.3 is 5.97 Å². The number of aryl methyl sites for hydroxylation is 1. The maximum Gasteiger partial charge on any atom is 0.304 e. The van der Waals surface area contributed by atoms with E-state index in [1.807, 2.05) is 0 Å². The Balaban J connectivity index is 1.78. The predicted molar refractivity (Wildman–Crippen MR) is 133 cm³/mol. The van der Waals surface area contributed by atoms with Gasteiger partial charge in [-0.2, -0.15) is 0 Å². The summed E-state index contributed by atoms with van der Waals surface area (Å²) in [6.07, 6.45) is 1.38. The minimum atomic E-state index is -3.68. The lowest BCUT2D eigenvalue weighted by molar-refractivity contribution is -0.137. The topological polar surface area (TPSA) is 172 Å². The molecule has 6 N–H and O–H groups in total. The van der Waals surface area contributed by atoms with E-state index in [2.05, 4.69) is 10.0 Å². The lowest BCUT2D eigenvalue weighted by atomic mass is 10.1. The summed E-state index contributed by atoms with van der Waals surface area (Å²) in [6, 6.07) is 12.7. The number of nitrogen functional groups attached to an aromatic ring is 1. The number of rotatable bonds is 15. The highest BCUT2D eigenvalue weighted by atomic mass is 32.2. The van der Waals surface area contributed by atoms with Crippen LogP contribution >= 0.6 is 0 Å². The molecule has 0 radical (unpaired) electrons. The van der Waals surface area contributed by atoms with Crippen LogP contribution in [0.1, 0.15) is 47.2 Å². The average Bonchev–Trinajstić information content (AvgIpc) is 2.82. The third-order valence-electron chi connectivity index (χ3n) is 5.31. The number of benzene rings is 2. The maximum atomic E-state index is 12.5. The van der Waals surface area contributed by atoms with Crippen LogP contribution in [0.2, 0.25) is 0 Å². The van der Waals surface area contributed by atoms with Crippen LogP contribution in [0.3, 0.4) is 0 Å². The number of hydrogen-bond acceptors (Lipinski definition) is 6. The molecule has 2 rings (SSSR count). The van der Waals surface area contributed by atoms with Crippen molar-refractivity contribution in [2.45, 2.75) is 38.1 Å². The van der Waals surface area contributed by atoms with Gasteiger partial charge in [0, 0.05) is 23.7 Å². The molecule has 0 saturated heterocycles. The first-order valence-electron chi connectivity index (χ1n) is 11.2. The first kappa shape index (κ1) is 27.8. The second kappa shape index (κ2) is 13.4. The molecule has 11 heteroatoms. The fourth-order valence-corrected chi connectivity index (χ4v) is 4.72. The summed E-state index contributed by atoms with van der Waals surface area (Å²) in [4.78, 5) is 23.4. The standard InChI is InChI=1S/C24H32N4O6S/c1-34-21-11-5-17(6-12-21)13-15-35(32,33)28-20(16-22(29)30)4-2-3-14-27-24(31)19-9-7-18(8-10-19)23(25)26/h5-12,20,28H,2-4,13-16H2,1H3,(H3,25,26)(H,27,31)(H,29,30)/t20-/m1/s1. The largest absolute Gasteiger partial charge is 0.497 e. The third-order valence-corrected chi connectivity index (χ3v) is 6.74. The fraction of sp³-hybridized carbons (Fsp3) is 0.375. The van der Waals surface area contributed by atoms with E-state index in [1.165, 1.54) is 0 Å². The van der Waals surface area contributed by atoms with Gasteiger partial charge in [-0.25, -0.2) is 13.1 Å². The van der Waals surface area contributed by atoms with Crippen molar-refractivity contribution in [2.75, 3.05) is 19.4 Å². The molecule has 0 unspecified atom stereocenters. The molecule has 35 heavy (non-hydrogen) atoms. The van der Waals surface area contributed by atoms with Crippen molar-refractivity contribution in [3.8, 4) is 5.75 Å². The molecular formula is C24H32N4O6S. The number of hydrogen-bond donors (Lipinski definition) is 5. The molecule has 0 aliphatic heterocycles. The Kier molecular flexibility index (Phi) is 10.7. The monoisotopic (exact) mass is 504 g/mol. The zero-order valence-corrected chi connectivity index (χ0v) is 20.4. The van der Waals surface area contributed by atoms with Gasteiger partial charge in [0.25, 0.3) is 5.91 Å². The Morgan fingerprint density at radius 1 is 1.06 bits per heavy atom. The maximum absolute atomic E-state index is 12.5. The van der Waals surface area contributed by atoms with Crippen LogP contribution in [0.4, 0.5) is 0 Å². The van der Waals surface area contributed by atoms with Gasteiger partial charge in [0.1, 0.15) is 11.6 Å². The normalized spacial score (nSPS) is 12.0. The van der Waals surface area contributed by atoms with Gasteiger partial charge in [-0.1, -0.05) is 30.7 Å². The van der Waals surface area contributed by atoms with E-state index in [1.54, 1.807) is 55.6 Å². The SMILES string of the molecule is COc1ccc(CCS(=O)(=O)N[C@H](CCCCNC(=O)c2ccc(C(=N)N)cc2)CC(=O)O)cc1. The first-order valence-corrected chi connectivity index (χ1v) is 12.8. The Hall–Kier alpha value is -3.44. The molecule has 0 saturated carbocycles. The lowest BCUT2D eigenvalue weighted by Crippen LogP contribution is -2.38. The number of aliphatic carboxylic acids is 1. The number of sulfonamides is 1. The molecule has 0 bridgehead atoms. The molecule has 0 fully saturated rings. The Morgan fingerprint density at radius 3 is 2.26 bits per heavy atom. The molecule has 190 valence electrons. The van der Waals surface area contributed by atoms with Crippen molar-refractivity contribution in [1.29, 1.82) is 5.41 Å². The smallest absolute Gasteiger partial charge is 0.304 e. The van der Waals surface area contributed by atoms with Gasteiger partial charge in [-0.05, 0) is 49.1 Å². The van der Waals surface area contributed by atoms with Crippen LogP contribution in [0.25, 0.3) is 0 Å². The number of nitrogens with one attached hydrogen (secondary N) is 3. The second-order valence-corrected chi connectivity index (χ2v) is 9.95. The minimum absolute atomic E-state index is 0.0794. The van der Waals surface area contributed by atoms with Crippen molar-refractivity contribution in [3.05, 3.63) is 65.2 Å². The summed E-state index contributed by atoms with van der Waals surface area (Å²) in [7, 11) is -2.13. The zero-order chi connectivity index (χ0) is 25.8. The predicted octanol–water partition coefficient (Wildman–Crippen LogP) is 1.88. The van der Waals surface area contributed by atoms with Crippen molar-refractivity contribution in [3.63, 3.8) is 0 Å². The van der Waals surface area contributed by atoms with Crippen LogP contribution in [-0.2, 0) is 21.2 Å². The number of carbonyl (C=O) groups excluding carboxylic acids is 1. The molecule has 0 aromatic heterocycles. The molecule has 1 amide bonds. The summed E-state index contributed by atoms with van der Waals surface area (Å²) >= 11 is 0. The molecule has 0 spiro atoms. The average molecular weight is 505 g/mol. The Labute approximate surface area is 205 Å². The zero-order valence-electron chi connectivity index (χ0n) is 19.6. The number of amides is 1. The molecule has 0 aliphatic rings. The van der Waals surface area contributed by atoms with Crippen molar-refractivity contribution in [2.24, 2.45) is 5.73 Å². The van der Waals surface area contributed by atoms with E-state index in [4.69, 9.17) is 21.0 Å². The molecule has 0 heterocycles. The number of carbonyl (C=O) groups is 2. The van der Waals surface area contributed by atoms with Gasteiger partial charge in [-0.15, -0.1) is 0 Å². The first-order chi connectivity index (χ1) is 16.6. The van der Waals surface area contributed by atoms with Crippen LogP contribution < -0.4 is 20.5 Å². The summed E-state index contributed by atoms with van der Waals surface area (Å²) < 4.78 is 32.6. The van der Waals surface area contributed by atoms with Crippen molar-refractivity contribution in [1.82, 2.24) is 10.0 Å². The van der Waals surface area contributed by atoms with Gasteiger partial charge in [0.2, 0.25) is 10.0 Å². The highest BCUT2D eigenvalue weighted by molar-refractivity contribution is 7.89. The fourth-order valence-electron chi connectivity index (χ4n) is 3.39. The van der Waals surface area contributed by atoms with Gasteiger partial charge in [-0.3, -0.25) is 15.0 Å². The van der Waals surface area contributed by atoms with Crippen LogP contribution in [0.5, 0.6) is 5.75 Å². The summed E-state index contributed by atoms with van der Waals surface area (Å²) in [5.41, 5.74) is 7.19. The van der Waals surface area contributed by atoms with Gasteiger partial charge in [0.05, 0.1) is 19.3 Å². The van der Waals surface area contributed by atoms with Crippen molar-refractivity contribution >= 4 is 27.7 Å². The number of carboxylic acids is 1. The molecule has 1 atom stereocenters. The van der Waals surface area contributed by atoms with Crippen molar-refractivity contribution < 1.29 is 27.9 Å². The third kappa shape index (κ3) is 10.1. The highest BCUT2D eigenvalue weighted by Gasteiger charge is 2.20. The number of nitrogens with two attached hydrogens (primary N) is 1. The van der Waals surface area contributed by atoms with Crippen LogP contribution in [0, 0.1) is 5.41 Å². The molecular weight excluding hydrogens is 472 g/mol. The molecule has 0 aliphatic carbocycles. The number of carboxylic acid groups (broad SMARTS) is 1.